The van der Waals surface area contributed by atoms with E-state index in [-0.39, 0.29) is 65.7 Å². The van der Waals surface area contributed by atoms with Crippen molar-refractivity contribution in [2.24, 2.45) is 0 Å². The monoisotopic (exact) mass is 576 g/mol. The molecule has 0 aliphatic heterocycles. The van der Waals surface area contributed by atoms with Gasteiger partial charge in [0, 0.05) is 0 Å². The maximum atomic E-state index is 10.2. The molecule has 13 heteroatoms. The van der Waals surface area contributed by atoms with Crippen LogP contribution in [-0.2, 0) is 25.0 Å². The van der Waals surface area contributed by atoms with Gasteiger partial charge in [-0.2, -0.15) is 16.8 Å². The molecule has 0 aliphatic rings. The van der Waals surface area contributed by atoms with Crippen molar-refractivity contribution in [1.29, 1.82) is 0 Å². The van der Waals surface area contributed by atoms with E-state index in [2.05, 4.69) is 18.0 Å². The second kappa shape index (κ2) is 36.7. The van der Waals surface area contributed by atoms with Crippen LogP contribution in [0.15, 0.2) is 0 Å². The molecular weight excluding hydrogens is 525 g/mol. The van der Waals surface area contributed by atoms with Gasteiger partial charge in [0.05, 0.1) is 6.61 Å². The number of unbranched alkanes of at least 4 members (excludes halogenated alkanes) is 16. The van der Waals surface area contributed by atoms with Crippen LogP contribution in [0.1, 0.15) is 129 Å². The van der Waals surface area contributed by atoms with Crippen LogP contribution in [0.5, 0.6) is 0 Å². The van der Waals surface area contributed by atoms with Gasteiger partial charge in [0.25, 0.3) is 0 Å². The summed E-state index contributed by atoms with van der Waals surface area (Å²) in [6.45, 7) is 4.56. The molecule has 0 aliphatic carbocycles. The molecule has 0 saturated carbocycles. The summed E-state index contributed by atoms with van der Waals surface area (Å²) in [5, 5.41) is 0. The molecule has 0 aromatic rings. The molecule has 0 bridgehead atoms. The summed E-state index contributed by atoms with van der Waals surface area (Å²) in [6, 6.07) is 0. The number of hydrogen-bond donors (Lipinski definition) is 3. The van der Waals surface area contributed by atoms with Crippen LogP contribution in [0.2, 0.25) is 3.67 Å². The summed E-state index contributed by atoms with van der Waals surface area (Å²) in [5.41, 5.74) is 0. The van der Waals surface area contributed by atoms with Gasteiger partial charge in [-0.1, -0.05) is 51.9 Å². The first-order valence-corrected chi connectivity index (χ1v) is 17.0. The average Bonchev–Trinajstić information content (AvgIpc) is 2.70. The summed E-state index contributed by atoms with van der Waals surface area (Å²) in [4.78, 5) is 0. The van der Waals surface area contributed by atoms with Gasteiger partial charge >= 0.3 is 183 Å². The Kier molecular flexibility index (Phi) is 49.9. The van der Waals surface area contributed by atoms with Crippen LogP contribution < -0.4 is 0 Å². The first-order valence-electron chi connectivity index (χ1n) is 12.8. The minimum absolute atomic E-state index is 0. The van der Waals surface area contributed by atoms with E-state index in [1.54, 1.807) is 0 Å². The van der Waals surface area contributed by atoms with Gasteiger partial charge in [-0.15, -0.1) is 0 Å². The maximum absolute atomic E-state index is 10.2. The Morgan fingerprint density at radius 3 is 1.06 bits per heavy atom. The fourth-order valence-corrected chi connectivity index (χ4v) is 3.97. The zero-order valence-corrected chi connectivity index (χ0v) is 25.0. The predicted octanol–water partition coefficient (Wildman–Crippen LogP) is 5.49. The summed E-state index contributed by atoms with van der Waals surface area (Å²) >= 11 is 1.41. The molecule has 3 N–H and O–H groups in total. The van der Waals surface area contributed by atoms with E-state index >= 15 is 0 Å². The van der Waals surface area contributed by atoms with Crippen LogP contribution >= 0.6 is 0 Å². The number of hydrogen-bond acceptors (Lipinski definition) is 5. The molecule has 0 rings (SSSR count). The van der Waals surface area contributed by atoms with Gasteiger partial charge in [-0.05, 0) is 6.42 Å². The summed E-state index contributed by atoms with van der Waals surface area (Å²) in [5.74, 6) is 0. The Balaban J connectivity index is -0.000000138. The third-order valence-corrected chi connectivity index (χ3v) is 6.11. The molecule has 0 aromatic carbocycles. The van der Waals surface area contributed by atoms with Crippen molar-refractivity contribution in [3.8, 4) is 0 Å². The van der Waals surface area contributed by atoms with Crippen molar-refractivity contribution in [2.75, 3.05) is 6.61 Å². The van der Waals surface area contributed by atoms with Crippen molar-refractivity contribution in [3.05, 3.63) is 0 Å². The Hall–Kier alpha value is 2.74. The second-order valence-electron chi connectivity index (χ2n) is 8.35. The molecule has 0 aromatic heterocycles. The van der Waals surface area contributed by atoms with Gasteiger partial charge in [0.2, 0.25) is 0 Å². The SMILES string of the molecule is CCCCCCCCCCC[CH2][Na].CCCCCCCCCCOS(=O)(=O)O.O=S(=O)(O)O.[NaH].[NaH]. The minimum atomic E-state index is -4.67. The van der Waals surface area contributed by atoms with Crippen molar-refractivity contribution in [3.63, 3.8) is 0 Å². The molecule has 8 nitrogen and oxygen atoms in total. The normalized spacial score (nSPS) is 10.7. The molecule has 0 amide bonds. The zero-order valence-electron chi connectivity index (χ0n) is 21.3. The summed E-state index contributed by atoms with van der Waals surface area (Å²) in [6.07, 6.45) is 23.8. The average molecular weight is 577 g/mol. The van der Waals surface area contributed by atoms with Crippen LogP contribution in [0, 0.1) is 0 Å². The molecular formula is C22H51Na3O8S2. The second-order valence-corrected chi connectivity index (χ2v) is 11.3. The molecule has 0 spiro atoms. The Labute approximate surface area is 278 Å². The standard InChI is InChI=1S/C12H25.C10H22O4S.3Na.H2O4S.2H/c1-3-5-7-9-11-12-10-8-6-4-2;1-2-3-4-5-6-7-8-9-10-14-15(11,12)13;;;;1-5(2,3)4;;/h1,3-12H2,2H3;2-10H2,1H3,(H,11,12,13);;;;(H2,1,2,3,4);;. The summed E-state index contributed by atoms with van der Waals surface area (Å²) < 4.78 is 65.9. The van der Waals surface area contributed by atoms with Crippen LogP contribution in [0.4, 0.5) is 0 Å². The van der Waals surface area contributed by atoms with Gasteiger partial charge in [0.15, 0.2) is 0 Å². The van der Waals surface area contributed by atoms with Crippen molar-refractivity contribution >= 4 is 108 Å². The zero-order chi connectivity index (χ0) is 25.8. The van der Waals surface area contributed by atoms with Gasteiger partial charge in [-0.25, -0.2) is 4.18 Å². The van der Waals surface area contributed by atoms with Gasteiger partial charge in [-0.3, -0.25) is 13.7 Å². The fourth-order valence-electron chi connectivity index (χ4n) is 3.14. The van der Waals surface area contributed by atoms with Gasteiger partial charge in [0.1, 0.15) is 0 Å². The third-order valence-electron chi connectivity index (χ3n) is 4.94. The van der Waals surface area contributed by atoms with E-state index in [1.165, 1.54) is 128 Å². The van der Waals surface area contributed by atoms with E-state index in [4.69, 9.17) is 22.1 Å². The van der Waals surface area contributed by atoms with Crippen molar-refractivity contribution in [1.82, 2.24) is 0 Å². The van der Waals surface area contributed by atoms with Gasteiger partial charge < -0.3 is 0 Å². The third kappa shape index (κ3) is 72.4. The molecule has 0 fully saturated rings. The van der Waals surface area contributed by atoms with Crippen molar-refractivity contribution in [2.45, 2.75) is 133 Å². The molecule has 35 heavy (non-hydrogen) atoms. The topological polar surface area (TPSA) is 138 Å². The molecule has 0 unspecified atom stereocenters. The van der Waals surface area contributed by atoms with E-state index in [0.29, 0.717) is 6.42 Å². The first-order chi connectivity index (χ1) is 15.5. The molecule has 0 saturated heterocycles. The number of rotatable bonds is 20. The van der Waals surface area contributed by atoms with Crippen molar-refractivity contribution < 1.29 is 34.7 Å². The summed E-state index contributed by atoms with van der Waals surface area (Å²) in [7, 11) is -8.90. The molecule has 0 atom stereocenters. The van der Waals surface area contributed by atoms with E-state index in [1.807, 2.05) is 0 Å². The molecule has 0 heterocycles. The Morgan fingerprint density at radius 1 is 0.543 bits per heavy atom. The molecule has 202 valence electrons. The molecule has 0 radical (unpaired) electrons. The van der Waals surface area contributed by atoms with E-state index in [9.17, 15) is 8.42 Å². The Morgan fingerprint density at radius 2 is 0.800 bits per heavy atom. The Bertz CT molecular complexity index is 559. The van der Waals surface area contributed by atoms with E-state index < -0.39 is 20.8 Å². The predicted molar refractivity (Wildman–Crippen MR) is 151 cm³/mol. The van der Waals surface area contributed by atoms with Crippen LogP contribution in [0.3, 0.4) is 0 Å². The fraction of sp³-hybridized carbons (Fsp3) is 1.00. The quantitative estimate of drug-likeness (QED) is 0.0983. The first kappa shape index (κ1) is 47.5. The van der Waals surface area contributed by atoms with Crippen LogP contribution in [0.25, 0.3) is 0 Å². The van der Waals surface area contributed by atoms with E-state index in [0.717, 1.165) is 12.8 Å². The van der Waals surface area contributed by atoms with Crippen LogP contribution in [-0.4, -0.2) is 124 Å².